The average Bonchev–Trinajstić information content (AvgIpc) is 2.69. The van der Waals surface area contributed by atoms with Crippen molar-refractivity contribution in [2.45, 2.75) is 39.8 Å². The highest BCUT2D eigenvalue weighted by Crippen LogP contribution is 2.28. The fourth-order valence-electron chi connectivity index (χ4n) is 2.20. The summed E-state index contributed by atoms with van der Waals surface area (Å²) in [6, 6.07) is 5.63. The molecule has 108 valence electrons. The molecule has 0 radical (unpaired) electrons. The van der Waals surface area contributed by atoms with Crippen molar-refractivity contribution in [1.82, 2.24) is 9.55 Å². The minimum absolute atomic E-state index is 0.0668. The minimum Gasteiger partial charge on any atom is -0.349 e. The van der Waals surface area contributed by atoms with E-state index in [-0.39, 0.29) is 6.04 Å². The van der Waals surface area contributed by atoms with E-state index in [9.17, 15) is 0 Å². The van der Waals surface area contributed by atoms with Gasteiger partial charge in [0, 0.05) is 22.8 Å². The summed E-state index contributed by atoms with van der Waals surface area (Å²) in [6.07, 6.45) is 3.13. The van der Waals surface area contributed by atoms with Crippen LogP contribution in [0.5, 0.6) is 0 Å². The molecule has 20 heavy (non-hydrogen) atoms. The van der Waals surface area contributed by atoms with Crippen LogP contribution in [0.3, 0.4) is 0 Å². The predicted octanol–water partition coefficient (Wildman–Crippen LogP) is 5.08. The Morgan fingerprint density at radius 2 is 2.10 bits per heavy atom. The van der Waals surface area contributed by atoms with E-state index in [4.69, 9.17) is 23.2 Å². The number of imidazole rings is 1. The SMILES string of the molecule is CCCn1cc(C)nc1NC(C)c1ccc(Cl)cc1Cl. The van der Waals surface area contributed by atoms with E-state index in [1.807, 2.05) is 19.1 Å². The van der Waals surface area contributed by atoms with Crippen LogP contribution in [0.4, 0.5) is 5.95 Å². The largest absolute Gasteiger partial charge is 0.349 e. The molecule has 1 heterocycles. The zero-order chi connectivity index (χ0) is 14.7. The van der Waals surface area contributed by atoms with Crippen LogP contribution < -0.4 is 5.32 Å². The minimum atomic E-state index is 0.0668. The second-order valence-corrected chi connectivity index (χ2v) is 5.77. The predicted molar refractivity (Wildman–Crippen MR) is 85.8 cm³/mol. The zero-order valence-corrected chi connectivity index (χ0v) is 13.5. The lowest BCUT2D eigenvalue weighted by molar-refractivity contribution is 0.674. The third-order valence-corrected chi connectivity index (χ3v) is 3.70. The highest BCUT2D eigenvalue weighted by molar-refractivity contribution is 6.35. The standard InChI is InChI=1S/C15H19Cl2N3/c1-4-7-20-9-10(2)18-15(20)19-11(3)13-6-5-12(16)8-14(13)17/h5-6,8-9,11H,4,7H2,1-3H3,(H,18,19). The van der Waals surface area contributed by atoms with Crippen molar-refractivity contribution in [3.8, 4) is 0 Å². The molecule has 0 aliphatic heterocycles. The Labute approximate surface area is 129 Å². The van der Waals surface area contributed by atoms with Crippen molar-refractivity contribution in [2.75, 3.05) is 5.32 Å². The molecule has 1 unspecified atom stereocenters. The normalized spacial score (nSPS) is 12.4. The van der Waals surface area contributed by atoms with Gasteiger partial charge in [-0.2, -0.15) is 0 Å². The first-order chi connectivity index (χ1) is 9.51. The molecule has 2 rings (SSSR count). The Hall–Kier alpha value is -1.19. The van der Waals surface area contributed by atoms with Crippen LogP contribution in [0.1, 0.15) is 37.6 Å². The number of rotatable bonds is 5. The molecule has 1 aromatic carbocycles. The van der Waals surface area contributed by atoms with Crippen LogP contribution in [-0.2, 0) is 6.54 Å². The van der Waals surface area contributed by atoms with Crippen LogP contribution in [0, 0.1) is 6.92 Å². The van der Waals surface area contributed by atoms with Crippen LogP contribution in [0.15, 0.2) is 24.4 Å². The first-order valence-electron chi connectivity index (χ1n) is 6.76. The third kappa shape index (κ3) is 3.47. The number of aromatic nitrogens is 2. The van der Waals surface area contributed by atoms with Gasteiger partial charge in [-0.25, -0.2) is 4.98 Å². The number of nitrogens with zero attached hydrogens (tertiary/aromatic N) is 2. The van der Waals surface area contributed by atoms with Crippen LogP contribution in [0.25, 0.3) is 0 Å². The first kappa shape index (κ1) is 15.2. The number of aryl methyl sites for hydroxylation is 2. The van der Waals surface area contributed by atoms with Gasteiger partial charge in [-0.05, 0) is 38.0 Å². The lowest BCUT2D eigenvalue weighted by Gasteiger charge is -2.17. The van der Waals surface area contributed by atoms with Gasteiger partial charge in [0.05, 0.1) is 11.7 Å². The van der Waals surface area contributed by atoms with E-state index < -0.39 is 0 Å². The van der Waals surface area contributed by atoms with Crippen molar-refractivity contribution in [3.05, 3.63) is 45.7 Å². The Kier molecular flexibility index (Phi) is 4.95. The number of hydrogen-bond acceptors (Lipinski definition) is 2. The topological polar surface area (TPSA) is 29.9 Å². The molecule has 0 saturated carbocycles. The molecular formula is C15H19Cl2N3. The van der Waals surface area contributed by atoms with E-state index in [1.165, 1.54) is 0 Å². The maximum Gasteiger partial charge on any atom is 0.203 e. The molecular weight excluding hydrogens is 293 g/mol. The molecule has 0 fully saturated rings. The molecule has 0 bridgehead atoms. The summed E-state index contributed by atoms with van der Waals surface area (Å²) < 4.78 is 2.13. The molecule has 0 aliphatic rings. The van der Waals surface area contributed by atoms with Crippen molar-refractivity contribution >= 4 is 29.2 Å². The van der Waals surface area contributed by atoms with E-state index >= 15 is 0 Å². The van der Waals surface area contributed by atoms with E-state index in [0.717, 1.165) is 30.2 Å². The van der Waals surface area contributed by atoms with Crippen LogP contribution >= 0.6 is 23.2 Å². The summed E-state index contributed by atoms with van der Waals surface area (Å²) in [5.41, 5.74) is 2.02. The van der Waals surface area contributed by atoms with Crippen molar-refractivity contribution in [2.24, 2.45) is 0 Å². The molecule has 0 spiro atoms. The molecule has 1 atom stereocenters. The van der Waals surface area contributed by atoms with Crippen LogP contribution in [0.2, 0.25) is 10.0 Å². The highest BCUT2D eigenvalue weighted by Gasteiger charge is 2.13. The Morgan fingerprint density at radius 3 is 2.75 bits per heavy atom. The Balaban J connectivity index is 2.20. The second kappa shape index (κ2) is 6.51. The maximum atomic E-state index is 6.25. The quantitative estimate of drug-likeness (QED) is 0.834. The van der Waals surface area contributed by atoms with Gasteiger partial charge < -0.3 is 9.88 Å². The van der Waals surface area contributed by atoms with Gasteiger partial charge in [0.15, 0.2) is 0 Å². The monoisotopic (exact) mass is 311 g/mol. The molecule has 0 saturated heterocycles. The highest BCUT2D eigenvalue weighted by atomic mass is 35.5. The van der Waals surface area contributed by atoms with Gasteiger partial charge in [0.1, 0.15) is 0 Å². The van der Waals surface area contributed by atoms with E-state index in [2.05, 4.69) is 34.9 Å². The summed E-state index contributed by atoms with van der Waals surface area (Å²) in [6.45, 7) is 7.16. The molecule has 0 amide bonds. The van der Waals surface area contributed by atoms with Crippen molar-refractivity contribution in [3.63, 3.8) is 0 Å². The van der Waals surface area contributed by atoms with E-state index in [1.54, 1.807) is 6.07 Å². The zero-order valence-electron chi connectivity index (χ0n) is 12.0. The lowest BCUT2D eigenvalue weighted by Crippen LogP contribution is -2.12. The smallest absolute Gasteiger partial charge is 0.203 e. The molecule has 1 aromatic heterocycles. The number of anilines is 1. The molecule has 2 aromatic rings. The summed E-state index contributed by atoms with van der Waals surface area (Å²) in [5.74, 6) is 0.878. The molecule has 3 nitrogen and oxygen atoms in total. The maximum absolute atomic E-state index is 6.25. The number of hydrogen-bond donors (Lipinski definition) is 1. The van der Waals surface area contributed by atoms with Gasteiger partial charge in [-0.3, -0.25) is 0 Å². The van der Waals surface area contributed by atoms with Gasteiger partial charge in [0.2, 0.25) is 5.95 Å². The van der Waals surface area contributed by atoms with Gasteiger partial charge >= 0.3 is 0 Å². The first-order valence-corrected chi connectivity index (χ1v) is 7.52. The Morgan fingerprint density at radius 1 is 1.35 bits per heavy atom. The fraction of sp³-hybridized carbons (Fsp3) is 0.400. The fourth-order valence-corrected chi connectivity index (χ4v) is 2.77. The van der Waals surface area contributed by atoms with Crippen LogP contribution in [-0.4, -0.2) is 9.55 Å². The van der Waals surface area contributed by atoms with Gasteiger partial charge in [-0.15, -0.1) is 0 Å². The van der Waals surface area contributed by atoms with Gasteiger partial charge in [-0.1, -0.05) is 36.2 Å². The lowest BCUT2D eigenvalue weighted by atomic mass is 10.1. The van der Waals surface area contributed by atoms with Crippen molar-refractivity contribution < 1.29 is 0 Å². The number of nitrogens with one attached hydrogen (secondary N) is 1. The third-order valence-electron chi connectivity index (χ3n) is 3.14. The number of halogens is 2. The Bertz CT molecular complexity index is 593. The molecule has 5 heteroatoms. The summed E-state index contributed by atoms with van der Waals surface area (Å²) in [4.78, 5) is 4.52. The summed E-state index contributed by atoms with van der Waals surface area (Å²) >= 11 is 12.2. The average molecular weight is 312 g/mol. The molecule has 0 aliphatic carbocycles. The number of benzene rings is 1. The summed E-state index contributed by atoms with van der Waals surface area (Å²) in [7, 11) is 0. The molecule has 1 N–H and O–H groups in total. The van der Waals surface area contributed by atoms with Gasteiger partial charge in [0.25, 0.3) is 0 Å². The van der Waals surface area contributed by atoms with E-state index in [0.29, 0.717) is 10.0 Å². The second-order valence-electron chi connectivity index (χ2n) is 4.93. The van der Waals surface area contributed by atoms with Crippen molar-refractivity contribution in [1.29, 1.82) is 0 Å². The summed E-state index contributed by atoms with van der Waals surface area (Å²) in [5, 5.41) is 4.73.